The Morgan fingerprint density at radius 2 is 1.88 bits per heavy atom. The molecule has 1 aliphatic heterocycles. The second-order valence-corrected chi connectivity index (χ2v) is 7.91. The van der Waals surface area contributed by atoms with E-state index in [4.69, 9.17) is 4.74 Å². The lowest BCUT2D eigenvalue weighted by Crippen LogP contribution is -2.45. The Balaban J connectivity index is 0.00000512. The molecule has 0 bridgehead atoms. The molecule has 1 aromatic rings. The summed E-state index contributed by atoms with van der Waals surface area (Å²) in [6.45, 7) is 8.87. The van der Waals surface area contributed by atoms with Crippen molar-refractivity contribution in [3.8, 4) is 5.75 Å². The number of ether oxygens (including phenoxy) is 1. The average molecular weight is 571 g/mol. The van der Waals surface area contributed by atoms with Crippen LogP contribution in [0.4, 0.5) is 13.2 Å². The maximum Gasteiger partial charge on any atom is 0.416 e. The molecule has 1 unspecified atom stereocenters. The number of nitrogens with one attached hydrogen (secondary N) is 2. The fraction of sp³-hybridized carbons (Fsp3) is 0.682. The molecule has 1 fully saturated rings. The number of benzene rings is 1. The van der Waals surface area contributed by atoms with Crippen LogP contribution in [0.15, 0.2) is 29.3 Å². The highest BCUT2D eigenvalue weighted by molar-refractivity contribution is 14.0. The van der Waals surface area contributed by atoms with E-state index < -0.39 is 11.7 Å². The second-order valence-electron chi connectivity index (χ2n) is 7.91. The zero-order chi connectivity index (χ0) is 22.7. The van der Waals surface area contributed by atoms with E-state index in [9.17, 15) is 13.2 Å². The van der Waals surface area contributed by atoms with Gasteiger partial charge >= 0.3 is 6.18 Å². The van der Waals surface area contributed by atoms with Gasteiger partial charge in [0, 0.05) is 39.8 Å². The summed E-state index contributed by atoms with van der Waals surface area (Å²) < 4.78 is 44.4. The lowest BCUT2D eigenvalue weighted by molar-refractivity contribution is -0.137. The van der Waals surface area contributed by atoms with Crippen molar-refractivity contribution in [3.63, 3.8) is 0 Å². The van der Waals surface area contributed by atoms with Crippen LogP contribution in [-0.2, 0) is 6.18 Å². The summed E-state index contributed by atoms with van der Waals surface area (Å²) in [6.07, 6.45) is -1.81. The maximum atomic E-state index is 12.9. The minimum absolute atomic E-state index is 0. The molecule has 1 atom stereocenters. The van der Waals surface area contributed by atoms with Gasteiger partial charge in [-0.05, 0) is 51.1 Å². The van der Waals surface area contributed by atoms with E-state index in [0.717, 1.165) is 64.2 Å². The molecule has 0 aromatic heterocycles. The molecule has 2 rings (SSSR count). The highest BCUT2D eigenvalue weighted by atomic mass is 127. The Kier molecular flexibility index (Phi) is 13.3. The highest BCUT2D eigenvalue weighted by Gasteiger charge is 2.30. The Morgan fingerprint density at radius 3 is 2.50 bits per heavy atom. The number of nitrogens with zero attached hydrogens (tertiary/aromatic N) is 3. The van der Waals surface area contributed by atoms with Gasteiger partial charge in [0.05, 0.1) is 12.1 Å². The van der Waals surface area contributed by atoms with Gasteiger partial charge in [-0.15, -0.1) is 24.0 Å². The molecule has 184 valence electrons. The fourth-order valence-electron chi connectivity index (χ4n) is 3.38. The first-order chi connectivity index (χ1) is 14.8. The first-order valence-corrected chi connectivity index (χ1v) is 11.0. The van der Waals surface area contributed by atoms with E-state index in [1.807, 2.05) is 6.92 Å². The van der Waals surface area contributed by atoms with Crippen molar-refractivity contribution in [2.24, 2.45) is 4.99 Å². The lowest BCUT2D eigenvalue weighted by Gasteiger charge is -2.32. The molecule has 10 heteroatoms. The predicted octanol–water partition coefficient (Wildman–Crippen LogP) is 3.67. The molecular weight excluding hydrogens is 534 g/mol. The van der Waals surface area contributed by atoms with E-state index in [0.29, 0.717) is 18.9 Å². The molecule has 32 heavy (non-hydrogen) atoms. The zero-order valence-electron chi connectivity index (χ0n) is 19.2. The molecule has 6 nitrogen and oxygen atoms in total. The topological polar surface area (TPSA) is 52.1 Å². The Bertz CT molecular complexity index is 682. The summed E-state index contributed by atoms with van der Waals surface area (Å²) in [4.78, 5) is 9.08. The minimum atomic E-state index is -4.38. The number of halogens is 4. The number of hydrogen-bond donors (Lipinski definition) is 2. The SMILES string of the molecule is CCC(CNC(=NC)NCCCCN1CCN(C)CC1)Oc1cccc(C(F)(F)F)c1.I. The largest absolute Gasteiger partial charge is 0.489 e. The van der Waals surface area contributed by atoms with E-state index in [1.54, 1.807) is 13.1 Å². The van der Waals surface area contributed by atoms with Gasteiger partial charge < -0.3 is 25.2 Å². The van der Waals surface area contributed by atoms with Crippen LogP contribution < -0.4 is 15.4 Å². The highest BCUT2D eigenvalue weighted by Crippen LogP contribution is 2.31. The molecule has 0 aliphatic carbocycles. The van der Waals surface area contributed by atoms with Gasteiger partial charge in [-0.3, -0.25) is 4.99 Å². The monoisotopic (exact) mass is 571 g/mol. The first kappa shape index (κ1) is 28.8. The van der Waals surface area contributed by atoms with Crippen LogP contribution in [0.1, 0.15) is 31.7 Å². The van der Waals surface area contributed by atoms with E-state index >= 15 is 0 Å². The Hall–Kier alpha value is -1.27. The molecule has 1 saturated heterocycles. The van der Waals surface area contributed by atoms with Gasteiger partial charge in [-0.25, -0.2) is 0 Å². The standard InChI is InChI=1S/C22H36F3N5O.HI/c1-4-19(31-20-9-7-8-18(16-20)22(23,24)25)17-28-21(26-2)27-10-5-6-11-30-14-12-29(3)13-15-30;/h7-9,16,19H,4-6,10-15,17H2,1-3H3,(H2,26,27,28);1H. The van der Waals surface area contributed by atoms with Gasteiger partial charge in [0.25, 0.3) is 0 Å². The van der Waals surface area contributed by atoms with Crippen molar-refractivity contribution in [2.45, 2.75) is 38.5 Å². The van der Waals surface area contributed by atoms with Crippen LogP contribution in [0.3, 0.4) is 0 Å². The predicted molar refractivity (Wildman–Crippen MR) is 134 cm³/mol. The number of alkyl halides is 3. The number of rotatable bonds is 10. The smallest absolute Gasteiger partial charge is 0.416 e. The molecule has 1 heterocycles. The van der Waals surface area contributed by atoms with Crippen LogP contribution in [-0.4, -0.2) is 81.8 Å². The molecule has 1 aromatic carbocycles. The summed E-state index contributed by atoms with van der Waals surface area (Å²) in [5, 5.41) is 6.50. The van der Waals surface area contributed by atoms with Crippen molar-refractivity contribution >= 4 is 29.9 Å². The summed E-state index contributed by atoms with van der Waals surface area (Å²) >= 11 is 0. The Morgan fingerprint density at radius 1 is 1.16 bits per heavy atom. The van der Waals surface area contributed by atoms with Gasteiger partial charge in [-0.1, -0.05) is 13.0 Å². The summed E-state index contributed by atoms with van der Waals surface area (Å²) in [6, 6.07) is 4.99. The van der Waals surface area contributed by atoms with Crippen molar-refractivity contribution in [2.75, 3.05) is 59.9 Å². The number of aliphatic imine (C=N–C) groups is 1. The van der Waals surface area contributed by atoms with Gasteiger partial charge in [0.15, 0.2) is 5.96 Å². The number of hydrogen-bond acceptors (Lipinski definition) is 4. The molecule has 0 amide bonds. The minimum Gasteiger partial charge on any atom is -0.489 e. The van der Waals surface area contributed by atoms with Gasteiger partial charge in [0.2, 0.25) is 0 Å². The third-order valence-electron chi connectivity index (χ3n) is 5.43. The van der Waals surface area contributed by atoms with Crippen molar-refractivity contribution < 1.29 is 17.9 Å². The van der Waals surface area contributed by atoms with Crippen LogP contribution in [0.25, 0.3) is 0 Å². The number of likely N-dealkylation sites (N-methyl/N-ethyl adjacent to an activating group) is 1. The maximum absolute atomic E-state index is 12.9. The molecule has 0 radical (unpaired) electrons. The van der Waals surface area contributed by atoms with Crippen LogP contribution >= 0.6 is 24.0 Å². The molecule has 0 spiro atoms. The quantitative estimate of drug-likeness (QED) is 0.194. The zero-order valence-corrected chi connectivity index (χ0v) is 21.6. The van der Waals surface area contributed by atoms with Gasteiger partial charge in [-0.2, -0.15) is 13.2 Å². The average Bonchev–Trinajstić information content (AvgIpc) is 2.75. The normalized spacial score (nSPS) is 16.9. The van der Waals surface area contributed by atoms with Crippen molar-refractivity contribution in [3.05, 3.63) is 29.8 Å². The molecule has 2 N–H and O–H groups in total. The number of unbranched alkanes of at least 4 members (excludes halogenated alkanes) is 1. The third-order valence-corrected chi connectivity index (χ3v) is 5.43. The lowest BCUT2D eigenvalue weighted by atomic mass is 10.2. The fourth-order valence-corrected chi connectivity index (χ4v) is 3.38. The number of guanidine groups is 1. The summed E-state index contributed by atoms with van der Waals surface area (Å²) in [7, 11) is 3.86. The number of piperazine rings is 1. The van der Waals surface area contributed by atoms with Crippen LogP contribution in [0.2, 0.25) is 0 Å². The summed E-state index contributed by atoms with van der Waals surface area (Å²) in [5.41, 5.74) is -0.707. The first-order valence-electron chi connectivity index (χ1n) is 11.0. The van der Waals surface area contributed by atoms with E-state index in [1.165, 1.54) is 6.07 Å². The van der Waals surface area contributed by atoms with Crippen LogP contribution in [0, 0.1) is 0 Å². The summed E-state index contributed by atoms with van der Waals surface area (Å²) in [5.74, 6) is 0.890. The Labute approximate surface area is 207 Å². The molecule has 0 saturated carbocycles. The van der Waals surface area contributed by atoms with Crippen molar-refractivity contribution in [1.29, 1.82) is 0 Å². The van der Waals surface area contributed by atoms with E-state index in [-0.39, 0.29) is 35.8 Å². The molecular formula is C22H37F3IN5O. The second kappa shape index (κ2) is 14.8. The van der Waals surface area contributed by atoms with E-state index in [2.05, 4.69) is 32.5 Å². The van der Waals surface area contributed by atoms with Crippen LogP contribution in [0.5, 0.6) is 5.75 Å². The third kappa shape index (κ3) is 10.6. The molecule has 1 aliphatic rings. The van der Waals surface area contributed by atoms with Gasteiger partial charge in [0.1, 0.15) is 11.9 Å². The van der Waals surface area contributed by atoms with Crippen molar-refractivity contribution in [1.82, 2.24) is 20.4 Å².